The van der Waals surface area contributed by atoms with E-state index < -0.39 is 9.84 Å². The van der Waals surface area contributed by atoms with E-state index >= 15 is 0 Å². The Hall–Kier alpha value is -2.15. The van der Waals surface area contributed by atoms with Crippen molar-refractivity contribution in [3.8, 4) is 0 Å². The predicted molar refractivity (Wildman–Crippen MR) is 101 cm³/mol. The molecular formula is C18H24N4O2S. The van der Waals surface area contributed by atoms with Gasteiger partial charge in [0, 0.05) is 24.5 Å². The smallest absolute Gasteiger partial charge is 0.229 e. The number of nitrogens with zero attached hydrogens (tertiary/aromatic N) is 3. The first-order chi connectivity index (χ1) is 12.0. The van der Waals surface area contributed by atoms with E-state index in [1.807, 2.05) is 31.2 Å². The van der Waals surface area contributed by atoms with Crippen molar-refractivity contribution in [1.82, 2.24) is 9.97 Å². The molecule has 1 saturated heterocycles. The molecule has 1 unspecified atom stereocenters. The number of anilines is 3. The summed E-state index contributed by atoms with van der Waals surface area (Å²) in [7, 11) is -2.93. The molecule has 1 fully saturated rings. The lowest BCUT2D eigenvalue weighted by molar-refractivity contribution is 0.599. The zero-order valence-electron chi connectivity index (χ0n) is 14.6. The monoisotopic (exact) mass is 360 g/mol. The number of aromatic nitrogens is 2. The van der Waals surface area contributed by atoms with E-state index in [0.29, 0.717) is 18.9 Å². The molecule has 2 heterocycles. The van der Waals surface area contributed by atoms with E-state index in [2.05, 4.69) is 33.2 Å². The molecule has 0 radical (unpaired) electrons. The summed E-state index contributed by atoms with van der Waals surface area (Å²) >= 11 is 0. The number of sulfone groups is 1. The fourth-order valence-corrected chi connectivity index (χ4v) is 5.00. The van der Waals surface area contributed by atoms with Crippen molar-refractivity contribution in [2.24, 2.45) is 0 Å². The van der Waals surface area contributed by atoms with E-state index in [4.69, 9.17) is 0 Å². The van der Waals surface area contributed by atoms with Gasteiger partial charge in [-0.05, 0) is 37.5 Å². The predicted octanol–water partition coefficient (Wildman–Crippen LogP) is 2.80. The van der Waals surface area contributed by atoms with Crippen LogP contribution in [0, 0.1) is 0 Å². The van der Waals surface area contributed by atoms with Crippen molar-refractivity contribution in [3.63, 3.8) is 0 Å². The van der Waals surface area contributed by atoms with Gasteiger partial charge in [-0.2, -0.15) is 4.98 Å². The Morgan fingerprint density at radius 2 is 2.04 bits per heavy atom. The van der Waals surface area contributed by atoms with Gasteiger partial charge in [-0.25, -0.2) is 13.4 Å². The number of rotatable bonds is 6. The summed E-state index contributed by atoms with van der Waals surface area (Å²) in [4.78, 5) is 11.0. The molecule has 0 bridgehead atoms. The van der Waals surface area contributed by atoms with Gasteiger partial charge in [0.1, 0.15) is 5.82 Å². The molecule has 7 heteroatoms. The number of para-hydroxylation sites is 1. The molecule has 1 N–H and O–H groups in total. The highest BCUT2D eigenvalue weighted by Gasteiger charge is 2.32. The summed E-state index contributed by atoms with van der Waals surface area (Å²) in [5, 5.41) is 3.28. The minimum atomic E-state index is -2.93. The molecule has 3 rings (SSSR count). The largest absolute Gasteiger partial charge is 0.353 e. The first-order valence-electron chi connectivity index (χ1n) is 8.67. The van der Waals surface area contributed by atoms with E-state index in [-0.39, 0.29) is 17.5 Å². The lowest BCUT2D eigenvalue weighted by atomic mass is 10.1. The minimum Gasteiger partial charge on any atom is -0.353 e. The van der Waals surface area contributed by atoms with E-state index in [1.165, 1.54) is 5.56 Å². The van der Waals surface area contributed by atoms with Crippen LogP contribution in [0.1, 0.15) is 25.8 Å². The molecule has 1 atom stereocenters. The van der Waals surface area contributed by atoms with E-state index in [1.54, 1.807) is 6.20 Å². The van der Waals surface area contributed by atoms with Gasteiger partial charge in [-0.3, -0.25) is 0 Å². The first kappa shape index (κ1) is 17.7. The lowest BCUT2D eigenvalue weighted by Crippen LogP contribution is -2.36. The number of benzene rings is 1. The van der Waals surface area contributed by atoms with Crippen molar-refractivity contribution < 1.29 is 8.42 Å². The van der Waals surface area contributed by atoms with Crippen LogP contribution < -0.4 is 10.2 Å². The molecule has 25 heavy (non-hydrogen) atoms. The Morgan fingerprint density at radius 3 is 2.72 bits per heavy atom. The van der Waals surface area contributed by atoms with Gasteiger partial charge in [-0.1, -0.05) is 25.1 Å². The molecule has 1 aliphatic rings. The van der Waals surface area contributed by atoms with Crippen LogP contribution in [0.5, 0.6) is 0 Å². The number of aryl methyl sites for hydroxylation is 1. The highest BCUT2D eigenvalue weighted by atomic mass is 32.2. The van der Waals surface area contributed by atoms with Crippen LogP contribution in [-0.4, -0.2) is 42.5 Å². The second-order valence-electron chi connectivity index (χ2n) is 6.22. The Bertz CT molecular complexity index is 838. The average molecular weight is 360 g/mol. The van der Waals surface area contributed by atoms with Crippen LogP contribution in [0.2, 0.25) is 0 Å². The maximum atomic E-state index is 11.8. The van der Waals surface area contributed by atoms with E-state index in [0.717, 1.165) is 17.9 Å². The topological polar surface area (TPSA) is 75.2 Å². The van der Waals surface area contributed by atoms with Gasteiger partial charge in [-0.15, -0.1) is 0 Å². The summed E-state index contributed by atoms with van der Waals surface area (Å²) in [5.74, 6) is 1.74. The third kappa shape index (κ3) is 4.10. The molecule has 134 valence electrons. The average Bonchev–Trinajstić information content (AvgIpc) is 2.96. The number of hydrogen-bond donors (Lipinski definition) is 1. The fourth-order valence-electron chi connectivity index (χ4n) is 3.27. The molecule has 2 aromatic rings. The Balaban J connectivity index is 1.83. The molecule has 0 aliphatic carbocycles. The third-order valence-electron chi connectivity index (χ3n) is 4.57. The highest BCUT2D eigenvalue weighted by Crippen LogP contribution is 2.24. The zero-order chi connectivity index (χ0) is 17.9. The van der Waals surface area contributed by atoms with Crippen molar-refractivity contribution in [2.75, 3.05) is 28.3 Å². The second-order valence-corrected chi connectivity index (χ2v) is 8.45. The van der Waals surface area contributed by atoms with Crippen LogP contribution in [0.15, 0.2) is 36.5 Å². The summed E-state index contributed by atoms with van der Waals surface area (Å²) in [6.07, 6.45) is 3.29. The lowest BCUT2D eigenvalue weighted by Gasteiger charge is -2.28. The summed E-state index contributed by atoms with van der Waals surface area (Å²) in [5.41, 5.74) is 2.19. The SMILES string of the molecule is CCc1ccccc1Nc1nccc(N(CC)C2CCS(=O)(=O)C2)n1. The molecule has 1 aromatic heterocycles. The summed E-state index contributed by atoms with van der Waals surface area (Å²) < 4.78 is 23.6. The number of hydrogen-bond acceptors (Lipinski definition) is 6. The number of nitrogens with one attached hydrogen (secondary N) is 1. The Kier molecular flexibility index (Phi) is 5.22. The van der Waals surface area contributed by atoms with Gasteiger partial charge < -0.3 is 10.2 Å². The quantitative estimate of drug-likeness (QED) is 0.854. The van der Waals surface area contributed by atoms with Crippen molar-refractivity contribution >= 4 is 27.3 Å². The van der Waals surface area contributed by atoms with Crippen molar-refractivity contribution in [3.05, 3.63) is 42.1 Å². The van der Waals surface area contributed by atoms with Gasteiger partial charge in [0.15, 0.2) is 9.84 Å². The molecule has 0 saturated carbocycles. The standard InChI is InChI=1S/C18H24N4O2S/c1-3-14-7-5-6-8-16(14)20-18-19-11-9-17(21-18)22(4-2)15-10-12-25(23,24)13-15/h5-9,11,15H,3-4,10,12-13H2,1-2H3,(H,19,20,21). The Labute approximate surface area is 149 Å². The fraction of sp³-hybridized carbons (Fsp3) is 0.444. The Morgan fingerprint density at radius 1 is 1.24 bits per heavy atom. The van der Waals surface area contributed by atoms with Crippen LogP contribution in [-0.2, 0) is 16.3 Å². The first-order valence-corrected chi connectivity index (χ1v) is 10.5. The normalized spacial score (nSPS) is 18.9. The van der Waals surface area contributed by atoms with E-state index in [9.17, 15) is 8.42 Å². The molecule has 1 aliphatic heterocycles. The van der Waals surface area contributed by atoms with Crippen molar-refractivity contribution in [1.29, 1.82) is 0 Å². The minimum absolute atomic E-state index is 0.0133. The third-order valence-corrected chi connectivity index (χ3v) is 6.32. The van der Waals surface area contributed by atoms with Gasteiger partial charge in [0.2, 0.25) is 5.95 Å². The van der Waals surface area contributed by atoms with Crippen LogP contribution in [0.25, 0.3) is 0 Å². The zero-order valence-corrected chi connectivity index (χ0v) is 15.5. The highest BCUT2D eigenvalue weighted by molar-refractivity contribution is 7.91. The maximum absolute atomic E-state index is 11.8. The molecule has 0 amide bonds. The summed E-state index contributed by atoms with van der Waals surface area (Å²) in [6.45, 7) is 4.84. The second kappa shape index (κ2) is 7.39. The van der Waals surface area contributed by atoms with Gasteiger partial charge >= 0.3 is 0 Å². The van der Waals surface area contributed by atoms with Crippen LogP contribution in [0.4, 0.5) is 17.5 Å². The molecule has 1 aromatic carbocycles. The van der Waals surface area contributed by atoms with Gasteiger partial charge in [0.05, 0.1) is 11.5 Å². The van der Waals surface area contributed by atoms with Crippen LogP contribution >= 0.6 is 0 Å². The van der Waals surface area contributed by atoms with Crippen LogP contribution in [0.3, 0.4) is 0 Å². The summed E-state index contributed by atoms with van der Waals surface area (Å²) in [6, 6.07) is 9.91. The molecular weight excluding hydrogens is 336 g/mol. The molecule has 0 spiro atoms. The van der Waals surface area contributed by atoms with Gasteiger partial charge in [0.25, 0.3) is 0 Å². The maximum Gasteiger partial charge on any atom is 0.229 e. The molecule has 6 nitrogen and oxygen atoms in total. The van der Waals surface area contributed by atoms with Crippen molar-refractivity contribution in [2.45, 2.75) is 32.7 Å².